The van der Waals surface area contributed by atoms with E-state index in [2.05, 4.69) is 24.1 Å². The lowest BCUT2D eigenvalue weighted by Gasteiger charge is -2.10. The summed E-state index contributed by atoms with van der Waals surface area (Å²) in [7, 11) is 1.62. The molecule has 0 aromatic carbocycles. The minimum atomic E-state index is -0.114. The first kappa shape index (κ1) is 10.7. The summed E-state index contributed by atoms with van der Waals surface area (Å²) in [6.45, 7) is 5.99. The van der Waals surface area contributed by atoms with Crippen molar-refractivity contribution in [2.75, 3.05) is 7.05 Å². The number of aryl methyl sites for hydroxylation is 1. The highest BCUT2D eigenvalue weighted by atomic mass is 16.1. The number of pyridine rings is 1. The molecule has 0 atom stereocenters. The van der Waals surface area contributed by atoms with Crippen molar-refractivity contribution >= 4 is 5.91 Å². The highest BCUT2D eigenvalue weighted by molar-refractivity contribution is 5.93. The van der Waals surface area contributed by atoms with Crippen LogP contribution >= 0.6 is 0 Å². The second-order valence-corrected chi connectivity index (χ2v) is 3.62. The zero-order chi connectivity index (χ0) is 10.7. The van der Waals surface area contributed by atoms with Crippen LogP contribution in [0.3, 0.4) is 0 Å². The average Bonchev–Trinajstić information content (AvgIpc) is 2.16. The smallest absolute Gasteiger partial charge is 0.269 e. The van der Waals surface area contributed by atoms with Crippen LogP contribution in [-0.2, 0) is 0 Å². The van der Waals surface area contributed by atoms with Crippen molar-refractivity contribution in [1.29, 1.82) is 0 Å². The monoisotopic (exact) mass is 192 g/mol. The lowest BCUT2D eigenvalue weighted by molar-refractivity contribution is 0.0956. The molecule has 14 heavy (non-hydrogen) atoms. The Morgan fingerprint density at radius 2 is 2.07 bits per heavy atom. The molecule has 0 fully saturated rings. The van der Waals surface area contributed by atoms with Crippen molar-refractivity contribution in [1.82, 2.24) is 10.3 Å². The second kappa shape index (κ2) is 4.22. The first-order chi connectivity index (χ1) is 6.56. The second-order valence-electron chi connectivity index (χ2n) is 3.62. The SMILES string of the molecule is CNC(=O)c1nc(C)ccc1C(C)C. The van der Waals surface area contributed by atoms with Gasteiger partial charge in [-0.1, -0.05) is 19.9 Å². The molecule has 1 aromatic heterocycles. The van der Waals surface area contributed by atoms with E-state index in [1.807, 2.05) is 19.1 Å². The van der Waals surface area contributed by atoms with E-state index in [9.17, 15) is 4.79 Å². The number of carbonyl (C=O) groups excluding carboxylic acids is 1. The Hall–Kier alpha value is -1.38. The van der Waals surface area contributed by atoms with Crippen LogP contribution in [0.25, 0.3) is 0 Å². The van der Waals surface area contributed by atoms with Crippen LogP contribution in [0.1, 0.15) is 41.5 Å². The predicted octanol–water partition coefficient (Wildman–Crippen LogP) is 1.87. The lowest BCUT2D eigenvalue weighted by atomic mass is 10.0. The number of hydrogen-bond acceptors (Lipinski definition) is 2. The molecular weight excluding hydrogens is 176 g/mol. The first-order valence-electron chi connectivity index (χ1n) is 4.76. The quantitative estimate of drug-likeness (QED) is 0.777. The topological polar surface area (TPSA) is 42.0 Å². The minimum Gasteiger partial charge on any atom is -0.354 e. The summed E-state index contributed by atoms with van der Waals surface area (Å²) in [6.07, 6.45) is 0. The van der Waals surface area contributed by atoms with E-state index in [0.717, 1.165) is 11.3 Å². The van der Waals surface area contributed by atoms with Crippen LogP contribution < -0.4 is 5.32 Å². The van der Waals surface area contributed by atoms with Crippen molar-refractivity contribution in [3.05, 3.63) is 29.1 Å². The molecular formula is C11H16N2O. The van der Waals surface area contributed by atoms with E-state index in [1.165, 1.54) is 0 Å². The molecule has 0 radical (unpaired) electrons. The maximum atomic E-state index is 11.5. The summed E-state index contributed by atoms with van der Waals surface area (Å²) in [5.74, 6) is 0.202. The molecule has 1 amide bonds. The third-order valence-corrected chi connectivity index (χ3v) is 2.13. The Kier molecular flexibility index (Phi) is 3.23. The summed E-state index contributed by atoms with van der Waals surface area (Å²) in [5.41, 5.74) is 2.41. The van der Waals surface area contributed by atoms with E-state index >= 15 is 0 Å². The maximum Gasteiger partial charge on any atom is 0.269 e. The fraction of sp³-hybridized carbons (Fsp3) is 0.455. The van der Waals surface area contributed by atoms with Crippen LogP contribution in [0.15, 0.2) is 12.1 Å². The number of carbonyl (C=O) groups is 1. The van der Waals surface area contributed by atoms with Crippen LogP contribution in [0.5, 0.6) is 0 Å². The maximum absolute atomic E-state index is 11.5. The molecule has 1 rings (SSSR count). The van der Waals surface area contributed by atoms with Gasteiger partial charge in [0.2, 0.25) is 0 Å². The first-order valence-corrected chi connectivity index (χ1v) is 4.76. The van der Waals surface area contributed by atoms with E-state index in [1.54, 1.807) is 7.05 Å². The number of nitrogens with zero attached hydrogens (tertiary/aromatic N) is 1. The third kappa shape index (κ3) is 2.10. The molecule has 0 saturated heterocycles. The molecule has 0 saturated carbocycles. The van der Waals surface area contributed by atoms with Gasteiger partial charge in [0.25, 0.3) is 5.91 Å². The Labute approximate surface area is 84.6 Å². The molecule has 3 heteroatoms. The summed E-state index contributed by atoms with van der Waals surface area (Å²) in [6, 6.07) is 3.90. The van der Waals surface area contributed by atoms with Gasteiger partial charge >= 0.3 is 0 Å². The molecule has 0 aliphatic rings. The van der Waals surface area contributed by atoms with Crippen molar-refractivity contribution in [2.24, 2.45) is 0 Å². The molecule has 1 aromatic rings. The molecule has 1 heterocycles. The van der Waals surface area contributed by atoms with Gasteiger partial charge in [0.15, 0.2) is 0 Å². The van der Waals surface area contributed by atoms with E-state index in [0.29, 0.717) is 11.6 Å². The lowest BCUT2D eigenvalue weighted by Crippen LogP contribution is -2.21. The number of hydrogen-bond donors (Lipinski definition) is 1. The summed E-state index contributed by atoms with van der Waals surface area (Å²) in [4.78, 5) is 15.8. The Bertz CT molecular complexity index is 345. The van der Waals surface area contributed by atoms with Gasteiger partial charge in [-0.05, 0) is 24.5 Å². The fourth-order valence-corrected chi connectivity index (χ4v) is 1.33. The standard InChI is InChI=1S/C11H16N2O/c1-7(2)9-6-5-8(3)13-10(9)11(14)12-4/h5-7H,1-4H3,(H,12,14). The van der Waals surface area contributed by atoms with Crippen LogP contribution in [0.2, 0.25) is 0 Å². The van der Waals surface area contributed by atoms with E-state index in [-0.39, 0.29) is 5.91 Å². The summed E-state index contributed by atoms with van der Waals surface area (Å²) in [5, 5.41) is 2.60. The van der Waals surface area contributed by atoms with Crippen molar-refractivity contribution in [3.8, 4) is 0 Å². The van der Waals surface area contributed by atoms with Gasteiger partial charge in [-0.25, -0.2) is 4.98 Å². The molecule has 0 aliphatic carbocycles. The summed E-state index contributed by atoms with van der Waals surface area (Å²) >= 11 is 0. The number of aromatic nitrogens is 1. The van der Waals surface area contributed by atoms with E-state index in [4.69, 9.17) is 0 Å². The van der Waals surface area contributed by atoms with Gasteiger partial charge in [-0.3, -0.25) is 4.79 Å². The zero-order valence-electron chi connectivity index (χ0n) is 9.09. The molecule has 0 aliphatic heterocycles. The summed E-state index contributed by atoms with van der Waals surface area (Å²) < 4.78 is 0. The predicted molar refractivity (Wildman–Crippen MR) is 56.5 cm³/mol. The molecule has 76 valence electrons. The fourth-order valence-electron chi connectivity index (χ4n) is 1.33. The molecule has 3 nitrogen and oxygen atoms in total. The molecule has 0 spiro atoms. The van der Waals surface area contributed by atoms with Crippen LogP contribution in [0.4, 0.5) is 0 Å². The Morgan fingerprint density at radius 1 is 1.43 bits per heavy atom. The minimum absolute atomic E-state index is 0.114. The largest absolute Gasteiger partial charge is 0.354 e. The highest BCUT2D eigenvalue weighted by Crippen LogP contribution is 2.18. The van der Waals surface area contributed by atoms with Gasteiger partial charge in [0, 0.05) is 12.7 Å². The highest BCUT2D eigenvalue weighted by Gasteiger charge is 2.13. The van der Waals surface area contributed by atoms with E-state index < -0.39 is 0 Å². The zero-order valence-corrected chi connectivity index (χ0v) is 9.09. The average molecular weight is 192 g/mol. The van der Waals surface area contributed by atoms with Crippen molar-refractivity contribution in [3.63, 3.8) is 0 Å². The van der Waals surface area contributed by atoms with Gasteiger partial charge in [0.1, 0.15) is 5.69 Å². The Balaban J connectivity index is 3.22. The van der Waals surface area contributed by atoms with Crippen molar-refractivity contribution in [2.45, 2.75) is 26.7 Å². The number of rotatable bonds is 2. The van der Waals surface area contributed by atoms with Gasteiger partial charge in [-0.2, -0.15) is 0 Å². The van der Waals surface area contributed by atoms with Crippen molar-refractivity contribution < 1.29 is 4.79 Å². The normalized spacial score (nSPS) is 10.4. The van der Waals surface area contributed by atoms with Gasteiger partial charge in [-0.15, -0.1) is 0 Å². The third-order valence-electron chi connectivity index (χ3n) is 2.13. The van der Waals surface area contributed by atoms with Gasteiger partial charge in [0.05, 0.1) is 0 Å². The number of amides is 1. The molecule has 0 bridgehead atoms. The number of nitrogens with one attached hydrogen (secondary N) is 1. The van der Waals surface area contributed by atoms with Crippen LogP contribution in [-0.4, -0.2) is 17.9 Å². The molecule has 0 unspecified atom stereocenters. The van der Waals surface area contributed by atoms with Gasteiger partial charge < -0.3 is 5.32 Å². The Morgan fingerprint density at radius 3 is 2.57 bits per heavy atom. The van der Waals surface area contributed by atoms with Crippen LogP contribution in [0, 0.1) is 6.92 Å². The molecule has 1 N–H and O–H groups in total.